The standard InChI is InChI=1S/C12H26O3/c1-11(2,3)15-9-10(13)7-8-12(4,5)14-6/h10,13H,7-9H2,1-6H3. The Labute approximate surface area is 93.8 Å². The first-order valence-electron chi connectivity index (χ1n) is 5.53. The van der Waals surface area contributed by atoms with Gasteiger partial charge in [0.05, 0.1) is 23.9 Å². The summed E-state index contributed by atoms with van der Waals surface area (Å²) < 4.78 is 10.8. The monoisotopic (exact) mass is 218 g/mol. The van der Waals surface area contributed by atoms with E-state index in [0.29, 0.717) is 13.0 Å². The molecule has 0 saturated carbocycles. The van der Waals surface area contributed by atoms with Crippen LogP contribution in [0.2, 0.25) is 0 Å². The molecule has 0 bridgehead atoms. The number of aliphatic hydroxyl groups excluding tert-OH is 1. The minimum Gasteiger partial charge on any atom is -0.391 e. The summed E-state index contributed by atoms with van der Waals surface area (Å²) in [5.41, 5.74) is -0.347. The van der Waals surface area contributed by atoms with Crippen molar-refractivity contribution in [2.45, 2.75) is 64.8 Å². The maximum Gasteiger partial charge on any atom is 0.0775 e. The maximum absolute atomic E-state index is 9.69. The van der Waals surface area contributed by atoms with Crippen molar-refractivity contribution in [1.82, 2.24) is 0 Å². The van der Waals surface area contributed by atoms with Crippen LogP contribution in [0, 0.1) is 0 Å². The van der Waals surface area contributed by atoms with Crippen LogP contribution in [0.25, 0.3) is 0 Å². The molecule has 0 aromatic carbocycles. The van der Waals surface area contributed by atoms with Crippen LogP contribution in [0.4, 0.5) is 0 Å². The summed E-state index contributed by atoms with van der Waals surface area (Å²) in [7, 11) is 1.69. The molecule has 0 radical (unpaired) electrons. The molecule has 1 N–H and O–H groups in total. The summed E-state index contributed by atoms with van der Waals surface area (Å²) in [5.74, 6) is 0. The van der Waals surface area contributed by atoms with Gasteiger partial charge in [0, 0.05) is 7.11 Å². The summed E-state index contributed by atoms with van der Waals surface area (Å²) >= 11 is 0. The number of rotatable bonds is 6. The zero-order valence-electron chi connectivity index (χ0n) is 11.0. The first-order chi connectivity index (χ1) is 6.66. The Morgan fingerprint density at radius 2 is 1.67 bits per heavy atom. The molecule has 0 amide bonds. The van der Waals surface area contributed by atoms with Crippen LogP contribution in [0.1, 0.15) is 47.5 Å². The number of ether oxygens (including phenoxy) is 2. The van der Waals surface area contributed by atoms with Gasteiger partial charge in [-0.1, -0.05) is 0 Å². The zero-order chi connectivity index (χ0) is 12.1. The van der Waals surface area contributed by atoms with Gasteiger partial charge in [0.2, 0.25) is 0 Å². The van der Waals surface area contributed by atoms with Crippen LogP contribution in [0.15, 0.2) is 0 Å². The van der Waals surface area contributed by atoms with Crippen LogP contribution in [-0.2, 0) is 9.47 Å². The van der Waals surface area contributed by atoms with E-state index in [1.165, 1.54) is 0 Å². The molecule has 3 heteroatoms. The minimum absolute atomic E-state index is 0.164. The predicted molar refractivity (Wildman–Crippen MR) is 62.0 cm³/mol. The Morgan fingerprint density at radius 3 is 2.07 bits per heavy atom. The van der Waals surface area contributed by atoms with Gasteiger partial charge in [-0.05, 0) is 47.5 Å². The second-order valence-corrected chi connectivity index (χ2v) is 5.58. The smallest absolute Gasteiger partial charge is 0.0775 e. The van der Waals surface area contributed by atoms with Gasteiger partial charge < -0.3 is 14.6 Å². The van der Waals surface area contributed by atoms with Crippen molar-refractivity contribution in [1.29, 1.82) is 0 Å². The van der Waals surface area contributed by atoms with E-state index in [9.17, 15) is 5.11 Å². The minimum atomic E-state index is -0.404. The van der Waals surface area contributed by atoms with Gasteiger partial charge in [0.25, 0.3) is 0 Å². The van der Waals surface area contributed by atoms with Crippen molar-refractivity contribution in [2.24, 2.45) is 0 Å². The van der Waals surface area contributed by atoms with Gasteiger partial charge in [-0.15, -0.1) is 0 Å². The average molecular weight is 218 g/mol. The Morgan fingerprint density at radius 1 is 1.13 bits per heavy atom. The highest BCUT2D eigenvalue weighted by Crippen LogP contribution is 2.17. The van der Waals surface area contributed by atoms with Crippen molar-refractivity contribution in [3.05, 3.63) is 0 Å². The predicted octanol–water partition coefficient (Wildman–Crippen LogP) is 2.37. The molecule has 0 rings (SSSR count). The van der Waals surface area contributed by atoms with Gasteiger partial charge >= 0.3 is 0 Å². The van der Waals surface area contributed by atoms with Crippen molar-refractivity contribution in [2.75, 3.05) is 13.7 Å². The first-order valence-corrected chi connectivity index (χ1v) is 5.53. The van der Waals surface area contributed by atoms with Gasteiger partial charge in [-0.2, -0.15) is 0 Å². The Balaban J connectivity index is 3.71. The van der Waals surface area contributed by atoms with Gasteiger partial charge in [0.1, 0.15) is 0 Å². The molecule has 0 aromatic rings. The molecule has 15 heavy (non-hydrogen) atoms. The highest BCUT2D eigenvalue weighted by atomic mass is 16.5. The summed E-state index contributed by atoms with van der Waals surface area (Å²) in [6.07, 6.45) is 1.13. The van der Waals surface area contributed by atoms with E-state index in [2.05, 4.69) is 0 Å². The fourth-order valence-electron chi connectivity index (χ4n) is 1.05. The fourth-order valence-corrected chi connectivity index (χ4v) is 1.05. The third-order valence-corrected chi connectivity index (χ3v) is 2.34. The molecule has 0 aliphatic heterocycles. The zero-order valence-corrected chi connectivity index (χ0v) is 11.0. The molecular formula is C12H26O3. The molecule has 1 unspecified atom stereocenters. The lowest BCUT2D eigenvalue weighted by Gasteiger charge is -2.26. The van der Waals surface area contributed by atoms with Crippen LogP contribution < -0.4 is 0 Å². The van der Waals surface area contributed by atoms with E-state index in [0.717, 1.165) is 6.42 Å². The van der Waals surface area contributed by atoms with E-state index in [1.54, 1.807) is 7.11 Å². The lowest BCUT2D eigenvalue weighted by molar-refractivity contribution is -0.0592. The fraction of sp³-hybridized carbons (Fsp3) is 1.00. The summed E-state index contributed by atoms with van der Waals surface area (Å²) in [6, 6.07) is 0. The van der Waals surface area contributed by atoms with Crippen molar-refractivity contribution < 1.29 is 14.6 Å². The van der Waals surface area contributed by atoms with Crippen molar-refractivity contribution in [3.63, 3.8) is 0 Å². The highest BCUT2D eigenvalue weighted by Gasteiger charge is 2.19. The Kier molecular flexibility index (Phi) is 5.78. The second-order valence-electron chi connectivity index (χ2n) is 5.58. The van der Waals surface area contributed by atoms with Crippen LogP contribution in [0.5, 0.6) is 0 Å². The topological polar surface area (TPSA) is 38.7 Å². The van der Waals surface area contributed by atoms with Crippen LogP contribution in [-0.4, -0.2) is 36.1 Å². The molecule has 3 nitrogen and oxygen atoms in total. The first kappa shape index (κ1) is 14.9. The molecule has 0 saturated heterocycles. The number of hydrogen-bond acceptors (Lipinski definition) is 3. The van der Waals surface area contributed by atoms with Crippen molar-refractivity contribution in [3.8, 4) is 0 Å². The van der Waals surface area contributed by atoms with Gasteiger partial charge in [0.15, 0.2) is 0 Å². The summed E-state index contributed by atoms with van der Waals surface area (Å²) in [5, 5.41) is 9.69. The number of aliphatic hydroxyl groups is 1. The lowest BCUT2D eigenvalue weighted by atomic mass is 10.0. The SMILES string of the molecule is COC(C)(C)CCC(O)COC(C)(C)C. The third-order valence-electron chi connectivity index (χ3n) is 2.34. The highest BCUT2D eigenvalue weighted by molar-refractivity contribution is 4.71. The molecule has 0 aliphatic carbocycles. The molecular weight excluding hydrogens is 192 g/mol. The molecule has 0 aromatic heterocycles. The van der Waals surface area contributed by atoms with E-state index in [1.807, 2.05) is 34.6 Å². The van der Waals surface area contributed by atoms with Crippen LogP contribution in [0.3, 0.4) is 0 Å². The molecule has 1 atom stereocenters. The summed E-state index contributed by atoms with van der Waals surface area (Å²) in [4.78, 5) is 0. The van der Waals surface area contributed by atoms with Crippen molar-refractivity contribution >= 4 is 0 Å². The van der Waals surface area contributed by atoms with E-state index in [-0.39, 0.29) is 11.2 Å². The molecule has 0 heterocycles. The van der Waals surface area contributed by atoms with E-state index in [4.69, 9.17) is 9.47 Å². The Bertz CT molecular complexity index is 170. The molecule has 0 spiro atoms. The Hall–Kier alpha value is -0.120. The molecule has 0 aliphatic rings. The summed E-state index contributed by atoms with van der Waals surface area (Å²) in [6.45, 7) is 10.4. The van der Waals surface area contributed by atoms with E-state index >= 15 is 0 Å². The molecule has 0 fully saturated rings. The quantitative estimate of drug-likeness (QED) is 0.744. The third kappa shape index (κ3) is 8.85. The maximum atomic E-state index is 9.69. The van der Waals surface area contributed by atoms with E-state index < -0.39 is 6.10 Å². The number of methoxy groups -OCH3 is 1. The van der Waals surface area contributed by atoms with Crippen LogP contribution >= 0.6 is 0 Å². The van der Waals surface area contributed by atoms with Gasteiger partial charge in [-0.3, -0.25) is 0 Å². The number of hydrogen-bond donors (Lipinski definition) is 1. The largest absolute Gasteiger partial charge is 0.391 e. The lowest BCUT2D eigenvalue weighted by Crippen LogP contribution is -2.29. The average Bonchev–Trinajstić information content (AvgIpc) is 2.10. The molecule has 92 valence electrons. The van der Waals surface area contributed by atoms with Gasteiger partial charge in [-0.25, -0.2) is 0 Å². The second kappa shape index (κ2) is 5.83. The normalized spacial score (nSPS) is 15.4.